The number of nitrogens with one attached hydrogen (secondary N) is 1. The molecule has 2 aromatic rings. The van der Waals surface area contributed by atoms with Gasteiger partial charge in [0.05, 0.1) is 0 Å². The first-order valence-electron chi connectivity index (χ1n) is 6.35. The standard InChI is InChI=1S/C14H14ClN3O3/c1-2-18(9-13(19)16-12-7-8-21-17-12)14(20)10-3-5-11(15)6-4-10/h3-8H,2,9H2,1H3,(H,16,17,19). The smallest absolute Gasteiger partial charge is 0.254 e. The summed E-state index contributed by atoms with van der Waals surface area (Å²) in [5.74, 6) is -0.257. The minimum absolute atomic E-state index is 0.0647. The third-order valence-corrected chi connectivity index (χ3v) is 3.05. The maximum Gasteiger partial charge on any atom is 0.254 e. The Hall–Kier alpha value is -2.34. The van der Waals surface area contributed by atoms with E-state index in [1.807, 2.05) is 0 Å². The van der Waals surface area contributed by atoms with Crippen LogP contribution in [0.5, 0.6) is 0 Å². The number of likely N-dealkylation sites (N-methyl/N-ethyl adjacent to an activating group) is 1. The zero-order valence-electron chi connectivity index (χ0n) is 11.4. The van der Waals surface area contributed by atoms with Crippen LogP contribution in [-0.2, 0) is 4.79 Å². The van der Waals surface area contributed by atoms with Crippen LogP contribution in [0.4, 0.5) is 5.82 Å². The van der Waals surface area contributed by atoms with Crippen LogP contribution < -0.4 is 5.32 Å². The van der Waals surface area contributed by atoms with Crippen molar-refractivity contribution in [3.8, 4) is 0 Å². The molecule has 0 radical (unpaired) electrons. The molecule has 7 heteroatoms. The topological polar surface area (TPSA) is 75.4 Å². The lowest BCUT2D eigenvalue weighted by Crippen LogP contribution is -2.37. The van der Waals surface area contributed by atoms with Gasteiger partial charge in [0.2, 0.25) is 5.91 Å². The molecule has 110 valence electrons. The van der Waals surface area contributed by atoms with E-state index in [9.17, 15) is 9.59 Å². The highest BCUT2D eigenvalue weighted by atomic mass is 35.5. The number of halogens is 1. The maximum absolute atomic E-state index is 12.3. The van der Waals surface area contributed by atoms with Gasteiger partial charge in [-0.3, -0.25) is 9.59 Å². The summed E-state index contributed by atoms with van der Waals surface area (Å²) in [7, 11) is 0. The number of nitrogens with zero attached hydrogens (tertiary/aromatic N) is 2. The number of benzene rings is 1. The first-order chi connectivity index (χ1) is 10.1. The molecule has 0 aliphatic rings. The molecule has 6 nitrogen and oxygen atoms in total. The first-order valence-corrected chi connectivity index (χ1v) is 6.73. The summed E-state index contributed by atoms with van der Waals surface area (Å²) in [6, 6.07) is 8.05. The van der Waals surface area contributed by atoms with E-state index in [2.05, 4.69) is 15.0 Å². The predicted octanol–water partition coefficient (Wildman–Crippen LogP) is 2.43. The molecule has 0 saturated heterocycles. The highest BCUT2D eigenvalue weighted by molar-refractivity contribution is 6.30. The summed E-state index contributed by atoms with van der Waals surface area (Å²) in [5.41, 5.74) is 0.482. The Bertz CT molecular complexity index is 611. The number of rotatable bonds is 5. The molecule has 0 unspecified atom stereocenters. The van der Waals surface area contributed by atoms with Crippen molar-refractivity contribution in [3.05, 3.63) is 47.2 Å². The number of carbonyl (C=O) groups excluding carboxylic acids is 2. The van der Waals surface area contributed by atoms with Gasteiger partial charge in [0, 0.05) is 23.2 Å². The van der Waals surface area contributed by atoms with Gasteiger partial charge in [-0.2, -0.15) is 0 Å². The Morgan fingerprint density at radius 2 is 2.00 bits per heavy atom. The van der Waals surface area contributed by atoms with Crippen LogP contribution in [-0.4, -0.2) is 35.0 Å². The summed E-state index contributed by atoms with van der Waals surface area (Å²) >= 11 is 5.79. The summed E-state index contributed by atoms with van der Waals surface area (Å²) in [5, 5.41) is 6.67. The second-order valence-corrected chi connectivity index (χ2v) is 4.70. The Morgan fingerprint density at radius 1 is 1.29 bits per heavy atom. The normalized spacial score (nSPS) is 10.2. The van der Waals surface area contributed by atoms with Crippen molar-refractivity contribution in [3.63, 3.8) is 0 Å². The van der Waals surface area contributed by atoms with E-state index in [1.54, 1.807) is 31.2 Å². The van der Waals surface area contributed by atoms with E-state index >= 15 is 0 Å². The molecule has 0 aliphatic heterocycles. The molecule has 0 bridgehead atoms. The average Bonchev–Trinajstić information content (AvgIpc) is 2.97. The highest BCUT2D eigenvalue weighted by Gasteiger charge is 2.17. The Morgan fingerprint density at radius 3 is 2.57 bits per heavy atom. The van der Waals surface area contributed by atoms with Crippen LogP contribution in [0, 0.1) is 0 Å². The van der Waals surface area contributed by atoms with Crippen LogP contribution in [0.1, 0.15) is 17.3 Å². The van der Waals surface area contributed by atoms with Gasteiger partial charge in [0.15, 0.2) is 5.82 Å². The minimum Gasteiger partial charge on any atom is -0.363 e. The maximum atomic E-state index is 12.3. The number of aromatic nitrogens is 1. The molecule has 0 spiro atoms. The molecule has 21 heavy (non-hydrogen) atoms. The number of hydrogen-bond acceptors (Lipinski definition) is 4. The molecule has 2 amide bonds. The lowest BCUT2D eigenvalue weighted by Gasteiger charge is -2.20. The zero-order valence-corrected chi connectivity index (χ0v) is 12.1. The molecule has 0 saturated carbocycles. The van der Waals surface area contributed by atoms with Crippen LogP contribution in [0.3, 0.4) is 0 Å². The third kappa shape index (κ3) is 4.06. The quantitative estimate of drug-likeness (QED) is 0.920. The largest absolute Gasteiger partial charge is 0.363 e. The molecule has 0 aliphatic carbocycles. The summed E-state index contributed by atoms with van der Waals surface area (Å²) < 4.78 is 4.62. The molecule has 0 atom stereocenters. The Balaban J connectivity index is 2.00. The fourth-order valence-electron chi connectivity index (χ4n) is 1.73. The SMILES string of the molecule is CCN(CC(=O)Nc1ccon1)C(=O)c1ccc(Cl)cc1. The van der Waals surface area contributed by atoms with Gasteiger partial charge in [0.1, 0.15) is 12.8 Å². The van der Waals surface area contributed by atoms with E-state index in [4.69, 9.17) is 11.6 Å². The number of hydrogen-bond donors (Lipinski definition) is 1. The monoisotopic (exact) mass is 307 g/mol. The van der Waals surface area contributed by atoms with E-state index in [1.165, 1.54) is 17.2 Å². The lowest BCUT2D eigenvalue weighted by molar-refractivity contribution is -0.116. The van der Waals surface area contributed by atoms with Crippen LogP contribution in [0.15, 0.2) is 41.1 Å². The summed E-state index contributed by atoms with van der Waals surface area (Å²) in [4.78, 5) is 25.6. The van der Waals surface area contributed by atoms with Gasteiger partial charge in [-0.15, -0.1) is 0 Å². The average molecular weight is 308 g/mol. The van der Waals surface area contributed by atoms with E-state index < -0.39 is 0 Å². The first kappa shape index (κ1) is 15.1. The Labute approximate surface area is 126 Å². The second kappa shape index (κ2) is 6.90. The van der Waals surface area contributed by atoms with Crippen LogP contribution in [0.25, 0.3) is 0 Å². The molecule has 1 aromatic heterocycles. The molecule has 0 fully saturated rings. The Kier molecular flexibility index (Phi) is 4.94. The molecule has 1 N–H and O–H groups in total. The number of anilines is 1. The van der Waals surface area contributed by atoms with Crippen molar-refractivity contribution in [1.82, 2.24) is 10.1 Å². The molecule has 1 aromatic carbocycles. The van der Waals surface area contributed by atoms with Crippen LogP contribution >= 0.6 is 11.6 Å². The van der Waals surface area contributed by atoms with Crippen molar-refractivity contribution in [2.24, 2.45) is 0 Å². The molecular formula is C14H14ClN3O3. The van der Waals surface area contributed by atoms with Gasteiger partial charge in [-0.05, 0) is 31.2 Å². The number of carbonyl (C=O) groups is 2. The predicted molar refractivity (Wildman–Crippen MR) is 78.2 cm³/mol. The van der Waals surface area contributed by atoms with E-state index in [-0.39, 0.29) is 18.4 Å². The fraction of sp³-hybridized carbons (Fsp3) is 0.214. The second-order valence-electron chi connectivity index (χ2n) is 4.26. The van der Waals surface area contributed by atoms with Crippen molar-refractivity contribution < 1.29 is 14.1 Å². The minimum atomic E-state index is -0.340. The summed E-state index contributed by atoms with van der Waals surface area (Å²) in [6.07, 6.45) is 1.35. The van der Waals surface area contributed by atoms with Crippen molar-refractivity contribution in [1.29, 1.82) is 0 Å². The van der Waals surface area contributed by atoms with Crippen molar-refractivity contribution in [2.75, 3.05) is 18.4 Å². The highest BCUT2D eigenvalue weighted by Crippen LogP contribution is 2.11. The summed E-state index contributed by atoms with van der Waals surface area (Å²) in [6.45, 7) is 2.15. The fourth-order valence-corrected chi connectivity index (χ4v) is 1.86. The third-order valence-electron chi connectivity index (χ3n) is 2.80. The zero-order chi connectivity index (χ0) is 15.2. The van der Waals surface area contributed by atoms with Crippen molar-refractivity contribution >= 4 is 29.2 Å². The van der Waals surface area contributed by atoms with Gasteiger partial charge < -0.3 is 14.7 Å². The van der Waals surface area contributed by atoms with Crippen LogP contribution in [0.2, 0.25) is 5.02 Å². The lowest BCUT2D eigenvalue weighted by atomic mass is 10.2. The van der Waals surface area contributed by atoms with E-state index in [0.29, 0.717) is 22.9 Å². The van der Waals surface area contributed by atoms with E-state index in [0.717, 1.165) is 0 Å². The number of amides is 2. The van der Waals surface area contributed by atoms with Gasteiger partial charge in [-0.25, -0.2) is 0 Å². The van der Waals surface area contributed by atoms with Gasteiger partial charge in [0.25, 0.3) is 5.91 Å². The molecule has 2 rings (SSSR count). The van der Waals surface area contributed by atoms with Gasteiger partial charge >= 0.3 is 0 Å². The van der Waals surface area contributed by atoms with Crippen molar-refractivity contribution in [2.45, 2.75) is 6.92 Å². The van der Waals surface area contributed by atoms with Gasteiger partial charge in [-0.1, -0.05) is 16.8 Å². The molecular weight excluding hydrogens is 294 g/mol. The molecule has 1 heterocycles.